The second-order valence-corrected chi connectivity index (χ2v) is 8.68. The van der Waals surface area contributed by atoms with E-state index in [9.17, 15) is 14.4 Å². The summed E-state index contributed by atoms with van der Waals surface area (Å²) in [6.45, 7) is 1.73. The average molecular weight is 413 g/mol. The van der Waals surface area contributed by atoms with Gasteiger partial charge in [-0.3, -0.25) is 14.4 Å². The van der Waals surface area contributed by atoms with Crippen molar-refractivity contribution in [3.05, 3.63) is 52.4 Å². The normalized spacial score (nSPS) is 20.2. The summed E-state index contributed by atoms with van der Waals surface area (Å²) in [5, 5.41) is 8.87. The van der Waals surface area contributed by atoms with Gasteiger partial charge >= 0.3 is 5.97 Å². The van der Waals surface area contributed by atoms with Gasteiger partial charge in [-0.2, -0.15) is 0 Å². The third kappa shape index (κ3) is 3.96. The van der Waals surface area contributed by atoms with E-state index in [1.165, 1.54) is 4.90 Å². The molecule has 0 unspecified atom stereocenters. The number of hydrogen-bond donors (Lipinski definition) is 1. The molecule has 152 valence electrons. The second kappa shape index (κ2) is 8.06. The summed E-state index contributed by atoms with van der Waals surface area (Å²) in [4.78, 5) is 38.9. The van der Waals surface area contributed by atoms with Gasteiger partial charge in [0.15, 0.2) is 0 Å². The van der Waals surface area contributed by atoms with Gasteiger partial charge in [-0.05, 0) is 42.4 Å². The molecule has 0 radical (unpaired) electrons. The highest BCUT2D eigenvalue weighted by Gasteiger charge is 2.37. The summed E-state index contributed by atoms with van der Waals surface area (Å²) in [7, 11) is 0. The predicted molar refractivity (Wildman–Crippen MR) is 112 cm³/mol. The van der Waals surface area contributed by atoms with Crippen LogP contribution in [0.2, 0.25) is 0 Å². The van der Waals surface area contributed by atoms with Crippen LogP contribution in [0.3, 0.4) is 0 Å². The third-order valence-electron chi connectivity index (χ3n) is 5.90. The highest BCUT2D eigenvalue weighted by Crippen LogP contribution is 2.40. The third-order valence-corrected chi connectivity index (χ3v) is 6.64. The topological polar surface area (TPSA) is 79.6 Å². The molecule has 3 heterocycles. The highest BCUT2D eigenvalue weighted by molar-refractivity contribution is 7.98. The van der Waals surface area contributed by atoms with Gasteiger partial charge in [-0.1, -0.05) is 12.1 Å². The zero-order chi connectivity index (χ0) is 20.5. The van der Waals surface area contributed by atoms with Gasteiger partial charge < -0.3 is 14.6 Å². The lowest BCUT2D eigenvalue weighted by molar-refractivity contribution is -0.141. The molecule has 4 rings (SSSR count). The van der Waals surface area contributed by atoms with Gasteiger partial charge in [-0.15, -0.1) is 11.8 Å². The first kappa shape index (κ1) is 19.8. The van der Waals surface area contributed by atoms with Crippen LogP contribution < -0.4 is 5.56 Å². The number of carbonyl (C=O) groups is 2. The number of carbonyl (C=O) groups excluding carboxylic acids is 1. The quantitative estimate of drug-likeness (QED) is 0.764. The van der Waals surface area contributed by atoms with E-state index in [-0.39, 0.29) is 36.1 Å². The van der Waals surface area contributed by atoms with Crippen molar-refractivity contribution in [2.75, 3.05) is 19.3 Å². The molecule has 29 heavy (non-hydrogen) atoms. The molecule has 0 saturated carbocycles. The molecule has 1 fully saturated rings. The Hall–Kier alpha value is -2.54. The van der Waals surface area contributed by atoms with Crippen molar-refractivity contribution in [1.82, 2.24) is 9.47 Å². The van der Waals surface area contributed by atoms with Crippen LogP contribution in [-0.2, 0) is 16.1 Å². The fourth-order valence-electron chi connectivity index (χ4n) is 4.61. The second-order valence-electron chi connectivity index (χ2n) is 7.80. The number of thioether (sulfide) groups is 1. The van der Waals surface area contributed by atoms with E-state index in [0.29, 0.717) is 19.6 Å². The van der Waals surface area contributed by atoms with Crippen molar-refractivity contribution in [1.29, 1.82) is 0 Å². The number of aliphatic carboxylic acids is 1. The number of likely N-dealkylation sites (tertiary alicyclic amines) is 1. The Bertz CT molecular complexity index is 999. The molecule has 1 aromatic heterocycles. The van der Waals surface area contributed by atoms with E-state index in [1.54, 1.807) is 22.7 Å². The molecule has 1 N–H and O–H groups in total. The fraction of sp³-hybridized carbons (Fsp3) is 0.409. The molecule has 2 aliphatic heterocycles. The highest BCUT2D eigenvalue weighted by atomic mass is 32.2. The molecule has 0 aliphatic carbocycles. The van der Waals surface area contributed by atoms with Crippen molar-refractivity contribution >= 4 is 23.6 Å². The van der Waals surface area contributed by atoms with Crippen LogP contribution >= 0.6 is 11.8 Å². The van der Waals surface area contributed by atoms with E-state index in [0.717, 1.165) is 23.2 Å². The summed E-state index contributed by atoms with van der Waals surface area (Å²) in [6, 6.07) is 11.9. The van der Waals surface area contributed by atoms with Crippen LogP contribution in [0.5, 0.6) is 0 Å². The Morgan fingerprint density at radius 3 is 2.52 bits per heavy atom. The minimum atomic E-state index is -0.955. The standard InChI is InChI=1S/C22H24N2O4S/c1-29-17-4-2-15(3-5-17)18-6-7-20(26)24-12-14-10-16(22(18)24)13-23(11-14)19(25)8-9-21(27)28/h2-7,14,16H,8-13H2,1H3,(H,27,28)/t14-,16-/m0/s1. The zero-order valence-electron chi connectivity index (χ0n) is 16.3. The van der Waals surface area contributed by atoms with Gasteiger partial charge in [0.25, 0.3) is 5.56 Å². The Morgan fingerprint density at radius 1 is 1.07 bits per heavy atom. The van der Waals surface area contributed by atoms with E-state index in [1.807, 2.05) is 16.9 Å². The Kier molecular flexibility index (Phi) is 5.50. The molecular weight excluding hydrogens is 388 g/mol. The lowest BCUT2D eigenvalue weighted by Gasteiger charge is -2.43. The number of rotatable bonds is 5. The maximum Gasteiger partial charge on any atom is 0.303 e. The maximum atomic E-state index is 12.6. The molecule has 7 heteroatoms. The monoisotopic (exact) mass is 412 g/mol. The van der Waals surface area contributed by atoms with E-state index in [2.05, 4.69) is 24.3 Å². The van der Waals surface area contributed by atoms with Crippen molar-refractivity contribution in [2.24, 2.45) is 5.92 Å². The van der Waals surface area contributed by atoms with Crippen LogP contribution in [0.15, 0.2) is 46.1 Å². The summed E-state index contributed by atoms with van der Waals surface area (Å²) in [5.74, 6) is -0.759. The first-order valence-electron chi connectivity index (χ1n) is 9.84. The van der Waals surface area contributed by atoms with Crippen molar-refractivity contribution in [3.8, 4) is 11.1 Å². The van der Waals surface area contributed by atoms with Crippen LogP contribution in [0.25, 0.3) is 11.1 Å². The smallest absolute Gasteiger partial charge is 0.303 e. The number of benzene rings is 1. The summed E-state index contributed by atoms with van der Waals surface area (Å²) in [5.41, 5.74) is 3.12. The minimum absolute atomic E-state index is 0.00448. The number of pyridine rings is 1. The molecule has 1 saturated heterocycles. The molecule has 2 atom stereocenters. The van der Waals surface area contributed by atoms with Gasteiger partial charge in [-0.25, -0.2) is 0 Å². The number of amides is 1. The number of hydrogen-bond acceptors (Lipinski definition) is 4. The van der Waals surface area contributed by atoms with E-state index in [4.69, 9.17) is 5.11 Å². The largest absolute Gasteiger partial charge is 0.481 e. The van der Waals surface area contributed by atoms with Gasteiger partial charge in [0.2, 0.25) is 5.91 Å². The first-order chi connectivity index (χ1) is 14.0. The lowest BCUT2D eigenvalue weighted by Crippen LogP contribution is -2.49. The van der Waals surface area contributed by atoms with Crippen LogP contribution in [0.4, 0.5) is 0 Å². The number of nitrogens with zero attached hydrogens (tertiary/aromatic N) is 2. The molecular formula is C22H24N2O4S. The SMILES string of the molecule is CSc1ccc(-c2ccc(=O)n3c2[C@H]2C[C@@H](CN(C(=O)CCC(=O)O)C2)C3)cc1. The minimum Gasteiger partial charge on any atom is -0.481 e. The van der Waals surface area contributed by atoms with Gasteiger partial charge in [0.1, 0.15) is 0 Å². The number of fused-ring (bicyclic) bond motifs is 4. The average Bonchev–Trinajstić information content (AvgIpc) is 2.72. The molecule has 1 amide bonds. The summed E-state index contributed by atoms with van der Waals surface area (Å²) >= 11 is 1.69. The predicted octanol–water partition coefficient (Wildman–Crippen LogP) is 3.05. The number of aromatic nitrogens is 1. The van der Waals surface area contributed by atoms with Crippen LogP contribution in [0, 0.1) is 5.92 Å². The van der Waals surface area contributed by atoms with E-state index < -0.39 is 5.97 Å². The van der Waals surface area contributed by atoms with Crippen molar-refractivity contribution in [2.45, 2.75) is 36.6 Å². The van der Waals surface area contributed by atoms with Crippen LogP contribution in [0.1, 0.15) is 30.9 Å². The molecule has 0 spiro atoms. The first-order valence-corrected chi connectivity index (χ1v) is 11.1. The number of carboxylic acid groups (broad SMARTS) is 1. The maximum absolute atomic E-state index is 12.6. The fourth-order valence-corrected chi connectivity index (χ4v) is 5.01. The van der Waals surface area contributed by atoms with Gasteiger partial charge in [0.05, 0.1) is 6.42 Å². The zero-order valence-corrected chi connectivity index (χ0v) is 17.2. The van der Waals surface area contributed by atoms with Crippen LogP contribution in [-0.4, -0.2) is 45.8 Å². The van der Waals surface area contributed by atoms with Crippen molar-refractivity contribution < 1.29 is 14.7 Å². The summed E-state index contributed by atoms with van der Waals surface area (Å²) in [6.07, 6.45) is 2.87. The lowest BCUT2D eigenvalue weighted by atomic mass is 9.80. The van der Waals surface area contributed by atoms with Gasteiger partial charge in [0, 0.05) is 54.2 Å². The molecule has 6 nitrogen and oxygen atoms in total. The van der Waals surface area contributed by atoms with E-state index >= 15 is 0 Å². The summed E-state index contributed by atoms with van der Waals surface area (Å²) < 4.78 is 1.88. The molecule has 2 bridgehead atoms. The number of piperidine rings is 1. The molecule has 2 aliphatic rings. The number of carboxylic acids is 1. The van der Waals surface area contributed by atoms with Crippen molar-refractivity contribution in [3.63, 3.8) is 0 Å². The molecule has 1 aromatic carbocycles. The Balaban J connectivity index is 1.67. The Morgan fingerprint density at radius 2 is 1.83 bits per heavy atom. The molecule has 2 aromatic rings. The Labute approximate surface area is 173 Å².